The Morgan fingerprint density at radius 2 is 1.85 bits per heavy atom. The maximum atomic E-state index is 3.68. The number of hydrogen-bond acceptors (Lipinski definition) is 2. The van der Waals surface area contributed by atoms with Crippen LogP contribution in [0, 0.1) is 2.88 Å². The summed E-state index contributed by atoms with van der Waals surface area (Å²) < 4.78 is 1.36. The van der Waals surface area contributed by atoms with Gasteiger partial charge < -0.3 is 5.32 Å². The monoisotopic (exact) mass is 399 g/mol. The Bertz CT molecular complexity index is 518. The number of hydrogen-bond donors (Lipinski definition) is 1. The molecule has 0 aliphatic carbocycles. The van der Waals surface area contributed by atoms with E-state index < -0.39 is 0 Å². The van der Waals surface area contributed by atoms with E-state index in [-0.39, 0.29) is 0 Å². The molecule has 1 heterocycles. The predicted octanol–water partition coefficient (Wildman–Crippen LogP) is 5.20. The van der Waals surface area contributed by atoms with Crippen molar-refractivity contribution in [1.29, 1.82) is 0 Å². The van der Waals surface area contributed by atoms with E-state index in [2.05, 4.69) is 77.5 Å². The smallest absolute Gasteiger partial charge is 0.0656 e. The molecule has 1 nitrogen and oxygen atoms in total. The van der Waals surface area contributed by atoms with Crippen LogP contribution in [-0.4, -0.2) is 6.54 Å². The van der Waals surface area contributed by atoms with Crippen molar-refractivity contribution in [2.45, 2.75) is 39.2 Å². The van der Waals surface area contributed by atoms with E-state index in [0.717, 1.165) is 19.4 Å². The minimum absolute atomic E-state index is 0.433. The zero-order chi connectivity index (χ0) is 14.4. The summed E-state index contributed by atoms with van der Waals surface area (Å²) in [5.74, 6) is 0. The Morgan fingerprint density at radius 1 is 1.15 bits per heavy atom. The quantitative estimate of drug-likeness (QED) is 0.632. The van der Waals surface area contributed by atoms with Crippen LogP contribution in [-0.2, 0) is 12.8 Å². The highest BCUT2D eigenvalue weighted by Gasteiger charge is 2.13. The van der Waals surface area contributed by atoms with E-state index >= 15 is 0 Å². The van der Waals surface area contributed by atoms with Gasteiger partial charge in [-0.25, -0.2) is 0 Å². The summed E-state index contributed by atoms with van der Waals surface area (Å²) in [5.41, 5.74) is 4.25. The number of aryl methyl sites for hydroxylation is 1. The first-order valence-electron chi connectivity index (χ1n) is 7.28. The van der Waals surface area contributed by atoms with Crippen molar-refractivity contribution in [3.8, 4) is 0 Å². The second kappa shape index (κ2) is 8.15. The average molecular weight is 399 g/mol. The topological polar surface area (TPSA) is 12.0 Å². The van der Waals surface area contributed by atoms with Gasteiger partial charge in [-0.15, -0.1) is 11.3 Å². The summed E-state index contributed by atoms with van der Waals surface area (Å²) in [6, 6.07) is 11.8. The number of rotatable bonds is 7. The fraction of sp³-hybridized carbons (Fsp3) is 0.412. The van der Waals surface area contributed by atoms with Crippen molar-refractivity contribution in [2.24, 2.45) is 0 Å². The van der Waals surface area contributed by atoms with Crippen molar-refractivity contribution in [1.82, 2.24) is 5.32 Å². The Morgan fingerprint density at radius 3 is 2.40 bits per heavy atom. The van der Waals surface area contributed by atoms with E-state index in [1.54, 1.807) is 0 Å². The maximum Gasteiger partial charge on any atom is 0.0656 e. The Hall–Kier alpha value is -0.390. The Kier molecular flexibility index (Phi) is 6.52. The van der Waals surface area contributed by atoms with Gasteiger partial charge >= 0.3 is 0 Å². The second-order valence-electron chi connectivity index (χ2n) is 5.07. The van der Waals surface area contributed by atoms with Crippen molar-refractivity contribution >= 4 is 33.9 Å². The first kappa shape index (κ1) is 16.0. The summed E-state index contributed by atoms with van der Waals surface area (Å²) in [7, 11) is 0. The molecule has 1 atom stereocenters. The number of thiophene rings is 1. The SMILES string of the molecule is CCCNC(Cc1ccc(CC)cc1)c1csc(I)c1. The minimum Gasteiger partial charge on any atom is -0.310 e. The molecule has 0 aliphatic rings. The largest absolute Gasteiger partial charge is 0.310 e. The molecule has 0 bridgehead atoms. The molecule has 0 radical (unpaired) electrons. The molecule has 2 rings (SSSR count). The summed E-state index contributed by atoms with van der Waals surface area (Å²) in [6.45, 7) is 5.50. The van der Waals surface area contributed by atoms with Crippen LogP contribution in [0.15, 0.2) is 35.7 Å². The zero-order valence-electron chi connectivity index (χ0n) is 12.2. The van der Waals surface area contributed by atoms with Gasteiger partial charge in [0.1, 0.15) is 0 Å². The molecular formula is C17H22INS. The highest BCUT2D eigenvalue weighted by atomic mass is 127. The van der Waals surface area contributed by atoms with Crippen LogP contribution in [0.2, 0.25) is 0 Å². The van der Waals surface area contributed by atoms with Gasteiger partial charge in [0.25, 0.3) is 0 Å². The third-order valence-corrected chi connectivity index (χ3v) is 5.31. The first-order chi connectivity index (χ1) is 9.72. The first-order valence-corrected chi connectivity index (χ1v) is 9.24. The molecule has 0 spiro atoms. The van der Waals surface area contributed by atoms with E-state index in [1.165, 1.54) is 26.0 Å². The van der Waals surface area contributed by atoms with Gasteiger partial charge in [-0.1, -0.05) is 38.1 Å². The van der Waals surface area contributed by atoms with E-state index in [4.69, 9.17) is 0 Å². The average Bonchev–Trinajstić information content (AvgIpc) is 2.90. The lowest BCUT2D eigenvalue weighted by molar-refractivity contribution is 0.530. The zero-order valence-corrected chi connectivity index (χ0v) is 15.1. The standard InChI is InChI=1S/C17H22INS/c1-3-9-19-16(15-11-17(18)20-12-15)10-14-7-5-13(4-2)6-8-14/h5-8,11-12,16,19H,3-4,9-10H2,1-2H3. The fourth-order valence-corrected chi connectivity index (χ4v) is 3.71. The molecule has 1 N–H and O–H groups in total. The molecule has 0 amide bonds. The number of nitrogens with one attached hydrogen (secondary N) is 1. The molecule has 3 heteroatoms. The molecule has 0 aliphatic heterocycles. The normalized spacial score (nSPS) is 12.6. The molecule has 20 heavy (non-hydrogen) atoms. The summed E-state index contributed by atoms with van der Waals surface area (Å²) in [5, 5.41) is 5.97. The van der Waals surface area contributed by atoms with Gasteiger partial charge in [0.2, 0.25) is 0 Å². The van der Waals surface area contributed by atoms with Crippen molar-refractivity contribution < 1.29 is 0 Å². The summed E-state index contributed by atoms with van der Waals surface area (Å²) in [4.78, 5) is 0. The Balaban J connectivity index is 2.10. The number of halogens is 1. The van der Waals surface area contributed by atoms with E-state index in [0.29, 0.717) is 6.04 Å². The van der Waals surface area contributed by atoms with Crippen LogP contribution >= 0.6 is 33.9 Å². The summed E-state index contributed by atoms with van der Waals surface area (Å²) in [6.07, 6.45) is 3.35. The molecule has 0 fully saturated rings. The lowest BCUT2D eigenvalue weighted by Gasteiger charge is -2.18. The molecule has 1 aromatic carbocycles. The van der Waals surface area contributed by atoms with Gasteiger partial charge in [-0.2, -0.15) is 0 Å². The van der Waals surface area contributed by atoms with Crippen LogP contribution < -0.4 is 5.32 Å². The second-order valence-corrected chi connectivity index (χ2v) is 7.87. The van der Waals surface area contributed by atoms with Gasteiger partial charge in [0, 0.05) is 6.04 Å². The van der Waals surface area contributed by atoms with Crippen molar-refractivity contribution in [2.75, 3.05) is 6.54 Å². The predicted molar refractivity (Wildman–Crippen MR) is 97.6 cm³/mol. The van der Waals surface area contributed by atoms with E-state index in [9.17, 15) is 0 Å². The van der Waals surface area contributed by atoms with Crippen LogP contribution in [0.5, 0.6) is 0 Å². The van der Waals surface area contributed by atoms with Crippen molar-refractivity contribution in [3.63, 3.8) is 0 Å². The van der Waals surface area contributed by atoms with Crippen molar-refractivity contribution in [3.05, 3.63) is 55.3 Å². The fourth-order valence-electron chi connectivity index (χ4n) is 2.28. The van der Waals surface area contributed by atoms with Gasteiger partial charge in [0.15, 0.2) is 0 Å². The molecular weight excluding hydrogens is 377 g/mol. The summed E-state index contributed by atoms with van der Waals surface area (Å²) >= 11 is 4.23. The third kappa shape index (κ3) is 4.57. The molecule has 108 valence electrons. The van der Waals surface area contributed by atoms with Crippen LogP contribution in [0.1, 0.15) is 43.0 Å². The number of benzene rings is 1. The van der Waals surface area contributed by atoms with Crippen LogP contribution in [0.25, 0.3) is 0 Å². The highest BCUT2D eigenvalue weighted by molar-refractivity contribution is 14.1. The van der Waals surface area contributed by atoms with Gasteiger partial charge in [0.05, 0.1) is 2.88 Å². The lowest BCUT2D eigenvalue weighted by atomic mass is 9.99. The van der Waals surface area contributed by atoms with Gasteiger partial charge in [-0.3, -0.25) is 0 Å². The molecule has 1 aromatic heterocycles. The van der Waals surface area contributed by atoms with E-state index in [1.807, 2.05) is 11.3 Å². The maximum absolute atomic E-state index is 3.68. The van der Waals surface area contributed by atoms with Crippen LogP contribution in [0.3, 0.4) is 0 Å². The molecule has 0 saturated heterocycles. The third-order valence-electron chi connectivity index (χ3n) is 3.50. The molecule has 0 saturated carbocycles. The molecule has 1 unspecified atom stereocenters. The molecule has 2 aromatic rings. The van der Waals surface area contributed by atoms with Crippen LogP contribution in [0.4, 0.5) is 0 Å². The lowest BCUT2D eigenvalue weighted by Crippen LogP contribution is -2.23. The Labute approximate surface area is 139 Å². The highest BCUT2D eigenvalue weighted by Crippen LogP contribution is 2.25. The minimum atomic E-state index is 0.433. The van der Waals surface area contributed by atoms with Gasteiger partial charge in [-0.05, 0) is 76.5 Å².